The molecule has 108 valence electrons. The van der Waals surface area contributed by atoms with Gasteiger partial charge in [0, 0.05) is 26.1 Å². The number of carbonyl (C=O) groups excluding carboxylic acids is 1. The smallest absolute Gasteiger partial charge is 0.222 e. The summed E-state index contributed by atoms with van der Waals surface area (Å²) in [7, 11) is 2.10. The van der Waals surface area contributed by atoms with E-state index in [9.17, 15) is 4.79 Å². The van der Waals surface area contributed by atoms with Gasteiger partial charge in [-0.25, -0.2) is 0 Å². The number of nitrogens with zero attached hydrogens (tertiary/aromatic N) is 2. The van der Waals surface area contributed by atoms with Gasteiger partial charge in [-0.2, -0.15) is 0 Å². The van der Waals surface area contributed by atoms with Crippen molar-refractivity contribution in [1.82, 2.24) is 9.80 Å². The molecule has 0 aliphatic carbocycles. The van der Waals surface area contributed by atoms with Crippen molar-refractivity contribution < 1.29 is 4.79 Å². The van der Waals surface area contributed by atoms with E-state index in [1.54, 1.807) is 0 Å². The molecule has 0 rings (SSSR count). The first-order chi connectivity index (χ1) is 8.36. The second kappa shape index (κ2) is 8.48. The van der Waals surface area contributed by atoms with Crippen molar-refractivity contribution in [2.45, 2.75) is 40.5 Å². The summed E-state index contributed by atoms with van der Waals surface area (Å²) in [4.78, 5) is 16.0. The lowest BCUT2D eigenvalue weighted by molar-refractivity contribution is -0.130. The normalized spacial score (nSPS) is 11.9. The van der Waals surface area contributed by atoms with Crippen molar-refractivity contribution >= 4 is 5.91 Å². The van der Waals surface area contributed by atoms with E-state index in [1.807, 2.05) is 18.7 Å². The van der Waals surface area contributed by atoms with Crippen molar-refractivity contribution in [2.24, 2.45) is 11.1 Å². The lowest BCUT2D eigenvalue weighted by Gasteiger charge is -2.29. The summed E-state index contributed by atoms with van der Waals surface area (Å²) in [5.41, 5.74) is 5.87. The molecule has 0 atom stereocenters. The Hall–Kier alpha value is -0.610. The summed E-state index contributed by atoms with van der Waals surface area (Å²) in [5, 5.41) is 0. The van der Waals surface area contributed by atoms with E-state index in [0.717, 1.165) is 32.6 Å². The highest BCUT2D eigenvalue weighted by molar-refractivity contribution is 5.76. The summed E-state index contributed by atoms with van der Waals surface area (Å²) in [6, 6.07) is 0. The number of nitrogens with two attached hydrogens (primary N) is 1. The van der Waals surface area contributed by atoms with Crippen LogP contribution in [0.15, 0.2) is 0 Å². The number of amides is 1. The molecule has 4 heteroatoms. The first-order valence-electron chi connectivity index (χ1n) is 7.02. The van der Waals surface area contributed by atoms with Gasteiger partial charge >= 0.3 is 0 Å². The second-order valence-electron chi connectivity index (χ2n) is 5.78. The van der Waals surface area contributed by atoms with Crippen molar-refractivity contribution in [1.29, 1.82) is 0 Å². The zero-order valence-electron chi connectivity index (χ0n) is 12.8. The maximum atomic E-state index is 11.8. The van der Waals surface area contributed by atoms with Crippen LogP contribution < -0.4 is 5.73 Å². The number of carbonyl (C=O) groups is 1. The number of rotatable bonds is 9. The SMILES string of the molecule is CCN(CC)C(=O)CCCN(C)CC(C)(C)CN. The standard InChI is InChI=1S/C14H31N3O/c1-6-17(7-2)13(18)9-8-10-16(5)12-14(3,4)11-15/h6-12,15H2,1-5H3. The third-order valence-electron chi connectivity index (χ3n) is 3.30. The molecule has 0 unspecified atom stereocenters. The van der Waals surface area contributed by atoms with Crippen LogP contribution in [-0.4, -0.2) is 55.5 Å². The molecule has 4 nitrogen and oxygen atoms in total. The van der Waals surface area contributed by atoms with Gasteiger partial charge in [-0.1, -0.05) is 13.8 Å². The third kappa shape index (κ3) is 6.97. The minimum absolute atomic E-state index is 0.150. The van der Waals surface area contributed by atoms with Gasteiger partial charge in [-0.3, -0.25) is 4.79 Å². The molecule has 2 N–H and O–H groups in total. The molecule has 0 aromatic heterocycles. The van der Waals surface area contributed by atoms with E-state index in [1.165, 1.54) is 0 Å². The number of hydrogen-bond donors (Lipinski definition) is 1. The molecule has 0 aliphatic heterocycles. The van der Waals surface area contributed by atoms with Crippen molar-refractivity contribution in [2.75, 3.05) is 39.8 Å². The highest BCUT2D eigenvalue weighted by atomic mass is 16.2. The monoisotopic (exact) mass is 257 g/mol. The molecular weight excluding hydrogens is 226 g/mol. The number of hydrogen-bond acceptors (Lipinski definition) is 3. The van der Waals surface area contributed by atoms with Gasteiger partial charge in [0.05, 0.1) is 0 Å². The lowest BCUT2D eigenvalue weighted by atomic mass is 9.93. The summed E-state index contributed by atoms with van der Waals surface area (Å²) in [6.07, 6.45) is 1.57. The van der Waals surface area contributed by atoms with E-state index in [0.29, 0.717) is 13.0 Å². The van der Waals surface area contributed by atoms with Gasteiger partial charge in [0.15, 0.2) is 0 Å². The quantitative estimate of drug-likeness (QED) is 0.682. The Morgan fingerprint density at radius 3 is 2.22 bits per heavy atom. The first-order valence-corrected chi connectivity index (χ1v) is 7.02. The van der Waals surface area contributed by atoms with Crippen LogP contribution in [0, 0.1) is 5.41 Å². The summed E-state index contributed by atoms with van der Waals surface area (Å²) >= 11 is 0. The molecule has 0 heterocycles. The van der Waals surface area contributed by atoms with Gasteiger partial charge in [0.25, 0.3) is 0 Å². The summed E-state index contributed by atoms with van der Waals surface area (Å²) in [6.45, 7) is 12.6. The third-order valence-corrected chi connectivity index (χ3v) is 3.30. The molecule has 0 spiro atoms. The Kier molecular flexibility index (Phi) is 8.20. The average Bonchev–Trinajstić information content (AvgIpc) is 2.30. The Labute approximate surface area is 113 Å². The molecule has 0 aromatic rings. The van der Waals surface area contributed by atoms with Crippen LogP contribution in [0.25, 0.3) is 0 Å². The fourth-order valence-corrected chi connectivity index (χ4v) is 2.11. The molecule has 0 aromatic carbocycles. The van der Waals surface area contributed by atoms with Gasteiger partial charge in [0.2, 0.25) is 5.91 Å². The van der Waals surface area contributed by atoms with Gasteiger partial charge in [-0.15, -0.1) is 0 Å². The predicted molar refractivity (Wildman–Crippen MR) is 77.5 cm³/mol. The second-order valence-corrected chi connectivity index (χ2v) is 5.78. The van der Waals surface area contributed by atoms with E-state index >= 15 is 0 Å². The van der Waals surface area contributed by atoms with Crippen LogP contribution in [0.2, 0.25) is 0 Å². The van der Waals surface area contributed by atoms with Gasteiger partial charge in [-0.05, 0) is 45.8 Å². The fourth-order valence-electron chi connectivity index (χ4n) is 2.11. The van der Waals surface area contributed by atoms with Crippen LogP contribution in [0.4, 0.5) is 0 Å². The Morgan fingerprint density at radius 1 is 1.22 bits per heavy atom. The maximum absolute atomic E-state index is 11.8. The first kappa shape index (κ1) is 17.4. The summed E-state index contributed by atoms with van der Waals surface area (Å²) in [5.74, 6) is 0.270. The Bertz CT molecular complexity index is 237. The zero-order chi connectivity index (χ0) is 14.2. The van der Waals surface area contributed by atoms with Crippen LogP contribution in [-0.2, 0) is 4.79 Å². The Morgan fingerprint density at radius 2 is 1.78 bits per heavy atom. The maximum Gasteiger partial charge on any atom is 0.222 e. The average molecular weight is 257 g/mol. The van der Waals surface area contributed by atoms with Crippen molar-refractivity contribution in [3.8, 4) is 0 Å². The van der Waals surface area contributed by atoms with Crippen LogP contribution >= 0.6 is 0 Å². The fraction of sp³-hybridized carbons (Fsp3) is 0.929. The topological polar surface area (TPSA) is 49.6 Å². The molecule has 0 saturated heterocycles. The molecule has 0 aliphatic rings. The minimum Gasteiger partial charge on any atom is -0.343 e. The molecule has 0 bridgehead atoms. The van der Waals surface area contributed by atoms with E-state index < -0.39 is 0 Å². The van der Waals surface area contributed by atoms with Gasteiger partial charge in [0.1, 0.15) is 0 Å². The van der Waals surface area contributed by atoms with Crippen molar-refractivity contribution in [3.63, 3.8) is 0 Å². The van der Waals surface area contributed by atoms with Crippen LogP contribution in [0.3, 0.4) is 0 Å². The van der Waals surface area contributed by atoms with E-state index in [4.69, 9.17) is 5.73 Å². The highest BCUT2D eigenvalue weighted by Crippen LogP contribution is 2.14. The minimum atomic E-state index is 0.150. The zero-order valence-corrected chi connectivity index (χ0v) is 12.8. The molecule has 18 heavy (non-hydrogen) atoms. The van der Waals surface area contributed by atoms with E-state index in [-0.39, 0.29) is 11.3 Å². The van der Waals surface area contributed by atoms with E-state index in [2.05, 4.69) is 25.8 Å². The van der Waals surface area contributed by atoms with Crippen LogP contribution in [0.1, 0.15) is 40.5 Å². The largest absolute Gasteiger partial charge is 0.343 e. The molecule has 0 radical (unpaired) electrons. The summed E-state index contributed by atoms with van der Waals surface area (Å²) < 4.78 is 0. The molecule has 0 fully saturated rings. The molecule has 0 saturated carbocycles. The predicted octanol–water partition coefficient (Wildman–Crippen LogP) is 1.55. The Balaban J connectivity index is 3.87. The van der Waals surface area contributed by atoms with Gasteiger partial charge < -0.3 is 15.5 Å². The lowest BCUT2D eigenvalue weighted by Crippen LogP contribution is -2.37. The van der Waals surface area contributed by atoms with Crippen molar-refractivity contribution in [3.05, 3.63) is 0 Å². The molecular formula is C14H31N3O. The van der Waals surface area contributed by atoms with Crippen LogP contribution in [0.5, 0.6) is 0 Å². The highest BCUT2D eigenvalue weighted by Gasteiger charge is 2.18. The molecule has 1 amide bonds.